The topological polar surface area (TPSA) is 83.6 Å². The zero-order valence-corrected chi connectivity index (χ0v) is 14.3. The number of halogens is 1. The molecule has 1 amide bonds. The molecule has 1 heterocycles. The quantitative estimate of drug-likeness (QED) is 0.829. The Balaban J connectivity index is 2.07. The number of benzene rings is 1. The molecular formula is C17H19ClN2O4. The van der Waals surface area contributed by atoms with Gasteiger partial charge in [-0.1, -0.05) is 25.4 Å². The Kier molecular flexibility index (Phi) is 5.98. The van der Waals surface area contributed by atoms with E-state index in [1.165, 1.54) is 11.2 Å². The number of amides is 1. The predicted octanol–water partition coefficient (Wildman–Crippen LogP) is 3.11. The number of hydrogen-bond donors (Lipinski definition) is 1. The van der Waals surface area contributed by atoms with E-state index in [0.717, 1.165) is 5.56 Å². The van der Waals surface area contributed by atoms with Crippen LogP contribution in [0.1, 0.15) is 19.5 Å². The smallest absolute Gasteiger partial charge is 0.323 e. The number of oxazole rings is 1. The Morgan fingerprint density at radius 2 is 1.96 bits per heavy atom. The summed E-state index contributed by atoms with van der Waals surface area (Å²) < 4.78 is 5.39. The first kappa shape index (κ1) is 18.0. The first-order chi connectivity index (χ1) is 11.3. The summed E-state index contributed by atoms with van der Waals surface area (Å²) in [5.41, 5.74) is 1.21. The highest BCUT2D eigenvalue weighted by molar-refractivity contribution is 6.30. The van der Waals surface area contributed by atoms with E-state index in [9.17, 15) is 9.59 Å². The average molecular weight is 351 g/mol. The molecule has 0 aliphatic heterocycles. The molecule has 1 aromatic heterocycles. The van der Waals surface area contributed by atoms with E-state index >= 15 is 0 Å². The molecule has 7 heteroatoms. The number of rotatable bonds is 7. The van der Waals surface area contributed by atoms with Crippen LogP contribution in [-0.4, -0.2) is 40.0 Å². The number of hydrogen-bond acceptors (Lipinski definition) is 4. The van der Waals surface area contributed by atoms with Gasteiger partial charge >= 0.3 is 5.97 Å². The highest BCUT2D eigenvalue weighted by atomic mass is 35.5. The number of aromatic nitrogens is 1. The van der Waals surface area contributed by atoms with E-state index < -0.39 is 5.97 Å². The minimum Gasteiger partial charge on any atom is -0.480 e. The molecule has 0 radical (unpaired) electrons. The summed E-state index contributed by atoms with van der Waals surface area (Å²) in [6, 6.07) is 7.00. The van der Waals surface area contributed by atoms with Crippen molar-refractivity contribution in [1.82, 2.24) is 9.88 Å². The van der Waals surface area contributed by atoms with E-state index in [2.05, 4.69) is 4.98 Å². The molecule has 1 N–H and O–H groups in total. The maximum atomic E-state index is 12.3. The summed E-state index contributed by atoms with van der Waals surface area (Å²) >= 11 is 5.84. The fourth-order valence-electron chi connectivity index (χ4n) is 2.24. The van der Waals surface area contributed by atoms with E-state index in [-0.39, 0.29) is 24.8 Å². The van der Waals surface area contributed by atoms with Crippen LogP contribution < -0.4 is 0 Å². The summed E-state index contributed by atoms with van der Waals surface area (Å²) in [5, 5.41) is 9.56. The van der Waals surface area contributed by atoms with Crippen molar-refractivity contribution in [3.05, 3.63) is 41.2 Å². The molecule has 0 saturated heterocycles. The average Bonchev–Trinajstić information content (AvgIpc) is 2.94. The van der Waals surface area contributed by atoms with Gasteiger partial charge in [-0.3, -0.25) is 9.59 Å². The normalized spacial score (nSPS) is 10.8. The lowest BCUT2D eigenvalue weighted by molar-refractivity contribution is -0.144. The van der Waals surface area contributed by atoms with Gasteiger partial charge in [-0.2, -0.15) is 0 Å². The molecule has 0 aliphatic carbocycles. The Morgan fingerprint density at radius 3 is 2.54 bits per heavy atom. The molecule has 6 nitrogen and oxygen atoms in total. The zero-order chi connectivity index (χ0) is 17.7. The first-order valence-corrected chi connectivity index (χ1v) is 7.93. The Bertz CT molecular complexity index is 710. The summed E-state index contributed by atoms with van der Waals surface area (Å²) in [7, 11) is 0. The van der Waals surface area contributed by atoms with Gasteiger partial charge in [-0.15, -0.1) is 0 Å². The standard InChI is InChI=1S/C17H19ClN2O4/c1-11(2)8-20(9-16(22)23)15(21)7-14-10-24-17(19-14)12-3-5-13(18)6-4-12/h3-6,10-11H,7-9H2,1-2H3,(H,22,23). The molecule has 128 valence electrons. The van der Waals surface area contributed by atoms with E-state index in [0.29, 0.717) is 23.2 Å². The molecular weight excluding hydrogens is 332 g/mol. The molecule has 2 rings (SSSR count). The third kappa shape index (κ3) is 5.09. The number of carbonyl (C=O) groups excluding carboxylic acids is 1. The minimum atomic E-state index is -1.04. The van der Waals surface area contributed by atoms with Crippen LogP contribution in [0.3, 0.4) is 0 Å². The van der Waals surface area contributed by atoms with Crippen molar-refractivity contribution < 1.29 is 19.1 Å². The van der Waals surface area contributed by atoms with E-state index in [4.69, 9.17) is 21.1 Å². The number of carboxylic acids is 1. The maximum Gasteiger partial charge on any atom is 0.323 e. The van der Waals surface area contributed by atoms with Crippen molar-refractivity contribution in [2.24, 2.45) is 5.92 Å². The van der Waals surface area contributed by atoms with Crippen LogP contribution in [0.4, 0.5) is 0 Å². The lowest BCUT2D eigenvalue weighted by Gasteiger charge is -2.22. The lowest BCUT2D eigenvalue weighted by Crippen LogP contribution is -2.39. The van der Waals surface area contributed by atoms with Crippen molar-refractivity contribution in [2.75, 3.05) is 13.1 Å². The highest BCUT2D eigenvalue weighted by Crippen LogP contribution is 2.21. The SMILES string of the molecule is CC(C)CN(CC(=O)O)C(=O)Cc1coc(-c2ccc(Cl)cc2)n1. The van der Waals surface area contributed by atoms with E-state index in [1.54, 1.807) is 24.3 Å². The van der Waals surface area contributed by atoms with Gasteiger partial charge in [-0.25, -0.2) is 4.98 Å². The molecule has 1 aromatic carbocycles. The van der Waals surface area contributed by atoms with Gasteiger partial charge in [0.05, 0.1) is 12.1 Å². The summed E-state index contributed by atoms with van der Waals surface area (Å²) in [6.07, 6.45) is 1.41. The fourth-order valence-corrected chi connectivity index (χ4v) is 2.36. The van der Waals surface area contributed by atoms with Crippen molar-refractivity contribution >= 4 is 23.5 Å². The molecule has 0 spiro atoms. The number of carbonyl (C=O) groups is 2. The largest absolute Gasteiger partial charge is 0.480 e. The van der Waals surface area contributed by atoms with E-state index in [1.807, 2.05) is 13.8 Å². The molecule has 0 unspecified atom stereocenters. The lowest BCUT2D eigenvalue weighted by atomic mass is 10.2. The molecule has 0 atom stereocenters. The molecule has 0 bridgehead atoms. The molecule has 24 heavy (non-hydrogen) atoms. The van der Waals surface area contributed by atoms with Gasteiger partial charge in [0.15, 0.2) is 0 Å². The fraction of sp³-hybridized carbons (Fsp3) is 0.353. The Labute approximate surface area is 145 Å². The van der Waals surface area contributed by atoms with Gasteiger partial charge in [0.2, 0.25) is 11.8 Å². The molecule has 0 aliphatic rings. The molecule has 0 saturated carbocycles. The van der Waals surface area contributed by atoms with Crippen molar-refractivity contribution in [3.8, 4) is 11.5 Å². The Morgan fingerprint density at radius 1 is 1.29 bits per heavy atom. The number of aliphatic carboxylic acids is 1. The second-order valence-electron chi connectivity index (χ2n) is 5.89. The number of nitrogens with zero attached hydrogens (tertiary/aromatic N) is 2. The monoisotopic (exact) mass is 350 g/mol. The second kappa shape index (κ2) is 7.97. The summed E-state index contributed by atoms with van der Waals surface area (Å²) in [4.78, 5) is 28.9. The van der Waals surface area contributed by atoms with Crippen molar-refractivity contribution in [3.63, 3.8) is 0 Å². The number of carboxylic acid groups (broad SMARTS) is 1. The third-order valence-electron chi connectivity index (χ3n) is 3.24. The minimum absolute atomic E-state index is 0.00289. The van der Waals surface area contributed by atoms with Gasteiger partial charge in [0, 0.05) is 17.1 Å². The van der Waals surface area contributed by atoms with Crippen LogP contribution in [0.15, 0.2) is 34.9 Å². The van der Waals surface area contributed by atoms with Crippen molar-refractivity contribution in [2.45, 2.75) is 20.3 Å². The molecule has 2 aromatic rings. The van der Waals surface area contributed by atoms with Gasteiger partial charge in [0.25, 0.3) is 0 Å². The van der Waals surface area contributed by atoms with Gasteiger partial charge in [-0.05, 0) is 30.2 Å². The van der Waals surface area contributed by atoms with Crippen LogP contribution >= 0.6 is 11.6 Å². The highest BCUT2D eigenvalue weighted by Gasteiger charge is 2.20. The van der Waals surface area contributed by atoms with Gasteiger partial charge in [0.1, 0.15) is 12.8 Å². The van der Waals surface area contributed by atoms with Crippen LogP contribution in [-0.2, 0) is 16.0 Å². The second-order valence-corrected chi connectivity index (χ2v) is 6.33. The van der Waals surface area contributed by atoms with Crippen LogP contribution in [0.2, 0.25) is 5.02 Å². The summed E-state index contributed by atoms with van der Waals surface area (Å²) in [5.74, 6) is -0.758. The maximum absolute atomic E-state index is 12.3. The van der Waals surface area contributed by atoms with Crippen molar-refractivity contribution in [1.29, 1.82) is 0 Å². The van der Waals surface area contributed by atoms with Crippen LogP contribution in [0.5, 0.6) is 0 Å². The molecule has 0 fully saturated rings. The predicted molar refractivity (Wildman–Crippen MR) is 89.7 cm³/mol. The van der Waals surface area contributed by atoms with Crippen LogP contribution in [0.25, 0.3) is 11.5 Å². The first-order valence-electron chi connectivity index (χ1n) is 7.55. The Hall–Kier alpha value is -2.34. The third-order valence-corrected chi connectivity index (χ3v) is 3.49. The van der Waals surface area contributed by atoms with Crippen LogP contribution in [0, 0.1) is 5.92 Å². The zero-order valence-electron chi connectivity index (χ0n) is 13.5. The summed E-state index contributed by atoms with van der Waals surface area (Å²) in [6.45, 7) is 3.92. The van der Waals surface area contributed by atoms with Gasteiger partial charge < -0.3 is 14.4 Å².